The summed E-state index contributed by atoms with van der Waals surface area (Å²) in [4.78, 5) is 4.41. The van der Waals surface area contributed by atoms with Crippen molar-refractivity contribution in [2.45, 2.75) is 0 Å². The number of benzene rings is 3. The van der Waals surface area contributed by atoms with Crippen LogP contribution in [-0.2, 0) is 0 Å². The summed E-state index contributed by atoms with van der Waals surface area (Å²) in [5, 5.41) is 2.52. The molecule has 5 rings (SSSR count). The minimum atomic E-state index is 1.04. The molecule has 5 aromatic rings. The molecule has 0 aliphatic rings. The quantitative estimate of drug-likeness (QED) is 0.451. The highest BCUT2D eigenvalue weighted by atomic mass is 15.2. The van der Waals surface area contributed by atoms with Crippen LogP contribution >= 0.6 is 0 Å². The van der Waals surface area contributed by atoms with E-state index in [0.29, 0.717) is 0 Å². The van der Waals surface area contributed by atoms with Crippen LogP contribution in [0.2, 0.25) is 0 Å². The van der Waals surface area contributed by atoms with Gasteiger partial charge in [-0.3, -0.25) is 9.13 Å². The van der Waals surface area contributed by atoms with Gasteiger partial charge in [0.2, 0.25) is 0 Å². The molecule has 24 heavy (non-hydrogen) atoms. The minimum Gasteiger partial charge on any atom is -0.294 e. The average molecular weight is 309 g/mol. The zero-order chi connectivity index (χ0) is 15.9. The second-order valence-electron chi connectivity index (χ2n) is 5.83. The van der Waals surface area contributed by atoms with Gasteiger partial charge in [-0.05, 0) is 24.3 Å². The summed E-state index contributed by atoms with van der Waals surface area (Å²) in [7, 11) is 0. The molecule has 0 aliphatic heterocycles. The fourth-order valence-electron chi connectivity index (χ4n) is 3.41. The average Bonchev–Trinajstić information content (AvgIpc) is 3.24. The first-order valence-corrected chi connectivity index (χ1v) is 8.00. The van der Waals surface area contributed by atoms with Gasteiger partial charge in [0, 0.05) is 16.5 Å². The second-order valence-corrected chi connectivity index (χ2v) is 5.83. The van der Waals surface area contributed by atoms with Gasteiger partial charge in [0.1, 0.15) is 12.1 Å². The van der Waals surface area contributed by atoms with Gasteiger partial charge in [0.05, 0.1) is 17.2 Å². The van der Waals surface area contributed by atoms with Crippen molar-refractivity contribution in [1.82, 2.24) is 14.1 Å². The lowest BCUT2D eigenvalue weighted by atomic mass is 10.2. The molecule has 3 aromatic carbocycles. The summed E-state index contributed by atoms with van der Waals surface area (Å²) < 4.78 is 4.41. The van der Waals surface area contributed by atoms with Crippen molar-refractivity contribution in [3.05, 3.63) is 91.4 Å². The molecule has 0 fully saturated rings. The van der Waals surface area contributed by atoms with Crippen LogP contribution in [-0.4, -0.2) is 14.1 Å². The predicted molar refractivity (Wildman–Crippen MR) is 97.9 cm³/mol. The molecule has 0 N–H and O–H groups in total. The third-order valence-corrected chi connectivity index (χ3v) is 4.46. The van der Waals surface area contributed by atoms with Crippen LogP contribution in [0.25, 0.3) is 33.3 Å². The Kier molecular flexibility index (Phi) is 2.79. The molecule has 0 amide bonds. The number of hydrogen-bond donors (Lipinski definition) is 0. The van der Waals surface area contributed by atoms with E-state index in [9.17, 15) is 0 Å². The second kappa shape index (κ2) is 5.10. The minimum absolute atomic E-state index is 1.04. The van der Waals surface area contributed by atoms with Crippen LogP contribution in [0.1, 0.15) is 0 Å². The number of aromatic nitrogens is 3. The maximum atomic E-state index is 4.41. The summed E-state index contributed by atoms with van der Waals surface area (Å²) in [5.74, 6) is 1.04. The molecule has 0 aliphatic carbocycles. The van der Waals surface area contributed by atoms with Crippen molar-refractivity contribution < 1.29 is 0 Å². The standard InChI is InChI=1S/C21H15N3/c1-2-8-16(9-3-1)23-15-22-14-21(23)24-19-12-6-4-10-17(19)18-11-5-7-13-20(18)24/h1-15H. The van der Waals surface area contributed by atoms with E-state index >= 15 is 0 Å². The van der Waals surface area contributed by atoms with Crippen LogP contribution in [0.5, 0.6) is 0 Å². The molecule has 0 bridgehead atoms. The number of hydrogen-bond acceptors (Lipinski definition) is 1. The van der Waals surface area contributed by atoms with Crippen molar-refractivity contribution in [2.24, 2.45) is 0 Å². The largest absolute Gasteiger partial charge is 0.294 e. The molecular formula is C21H15N3. The highest BCUT2D eigenvalue weighted by Gasteiger charge is 2.14. The van der Waals surface area contributed by atoms with E-state index in [1.807, 2.05) is 30.7 Å². The molecule has 0 radical (unpaired) electrons. The number of imidazole rings is 1. The third-order valence-electron chi connectivity index (χ3n) is 4.46. The van der Waals surface area contributed by atoms with Crippen LogP contribution < -0.4 is 0 Å². The number of rotatable bonds is 2. The Hall–Kier alpha value is -3.33. The van der Waals surface area contributed by atoms with Crippen molar-refractivity contribution in [2.75, 3.05) is 0 Å². The van der Waals surface area contributed by atoms with Crippen molar-refractivity contribution in [3.63, 3.8) is 0 Å². The Labute approximate surface area is 139 Å². The summed E-state index contributed by atoms with van der Waals surface area (Å²) in [6, 6.07) is 27.3. The molecular weight excluding hydrogens is 294 g/mol. The van der Waals surface area contributed by atoms with Gasteiger partial charge >= 0.3 is 0 Å². The first-order valence-electron chi connectivity index (χ1n) is 8.00. The Morgan fingerprint density at radius 1 is 0.625 bits per heavy atom. The lowest BCUT2D eigenvalue weighted by Crippen LogP contribution is -2.02. The maximum Gasteiger partial charge on any atom is 0.142 e. The van der Waals surface area contributed by atoms with Gasteiger partial charge in [-0.1, -0.05) is 54.6 Å². The number of fused-ring (bicyclic) bond motifs is 3. The number of para-hydroxylation sites is 3. The SMILES string of the molecule is c1ccc(-n2cncc2-n2c3ccccc3c3ccccc32)cc1. The van der Waals surface area contributed by atoms with Gasteiger partial charge in [-0.25, -0.2) is 4.98 Å². The van der Waals surface area contributed by atoms with E-state index in [4.69, 9.17) is 0 Å². The van der Waals surface area contributed by atoms with Gasteiger partial charge in [-0.2, -0.15) is 0 Å². The van der Waals surface area contributed by atoms with Gasteiger partial charge in [-0.15, -0.1) is 0 Å². The zero-order valence-corrected chi connectivity index (χ0v) is 13.0. The summed E-state index contributed by atoms with van der Waals surface area (Å²) in [6.07, 6.45) is 3.79. The molecule has 2 aromatic heterocycles. The Bertz CT molecular complexity index is 1100. The van der Waals surface area contributed by atoms with Crippen LogP contribution in [0.15, 0.2) is 91.4 Å². The summed E-state index contributed by atoms with van der Waals surface area (Å²) in [5.41, 5.74) is 3.49. The third kappa shape index (κ3) is 1.82. The lowest BCUT2D eigenvalue weighted by Gasteiger charge is -2.11. The molecule has 0 atom stereocenters. The number of nitrogens with zero attached hydrogens (tertiary/aromatic N) is 3. The van der Waals surface area contributed by atoms with Crippen molar-refractivity contribution in [3.8, 4) is 11.5 Å². The van der Waals surface area contributed by atoms with E-state index in [2.05, 4.69) is 74.8 Å². The van der Waals surface area contributed by atoms with Gasteiger partial charge in [0.15, 0.2) is 0 Å². The lowest BCUT2D eigenvalue weighted by molar-refractivity contribution is 0.971. The van der Waals surface area contributed by atoms with E-state index < -0.39 is 0 Å². The van der Waals surface area contributed by atoms with E-state index in [1.165, 1.54) is 21.8 Å². The molecule has 3 heteroatoms. The first-order chi connectivity index (χ1) is 11.9. The monoisotopic (exact) mass is 309 g/mol. The summed E-state index contributed by atoms with van der Waals surface area (Å²) in [6.45, 7) is 0. The van der Waals surface area contributed by atoms with E-state index in [1.54, 1.807) is 0 Å². The Balaban J connectivity index is 1.89. The fourth-order valence-corrected chi connectivity index (χ4v) is 3.41. The topological polar surface area (TPSA) is 22.8 Å². The molecule has 0 spiro atoms. The molecule has 0 saturated heterocycles. The highest BCUT2D eigenvalue weighted by molar-refractivity contribution is 6.09. The molecule has 2 heterocycles. The molecule has 114 valence electrons. The van der Waals surface area contributed by atoms with Crippen LogP contribution in [0, 0.1) is 0 Å². The smallest absolute Gasteiger partial charge is 0.142 e. The zero-order valence-electron chi connectivity index (χ0n) is 13.0. The van der Waals surface area contributed by atoms with Gasteiger partial charge in [0.25, 0.3) is 0 Å². The summed E-state index contributed by atoms with van der Waals surface area (Å²) >= 11 is 0. The van der Waals surface area contributed by atoms with E-state index in [-0.39, 0.29) is 0 Å². The van der Waals surface area contributed by atoms with Crippen LogP contribution in [0.4, 0.5) is 0 Å². The van der Waals surface area contributed by atoms with Crippen molar-refractivity contribution in [1.29, 1.82) is 0 Å². The molecule has 0 saturated carbocycles. The highest BCUT2D eigenvalue weighted by Crippen LogP contribution is 2.32. The first kappa shape index (κ1) is 13.1. The van der Waals surface area contributed by atoms with Crippen LogP contribution in [0.3, 0.4) is 0 Å². The van der Waals surface area contributed by atoms with E-state index in [0.717, 1.165) is 11.5 Å². The predicted octanol–water partition coefficient (Wildman–Crippen LogP) is 4.97. The maximum absolute atomic E-state index is 4.41. The van der Waals surface area contributed by atoms with Crippen molar-refractivity contribution >= 4 is 21.8 Å². The Morgan fingerprint density at radius 3 is 1.88 bits per heavy atom. The Morgan fingerprint density at radius 2 is 1.21 bits per heavy atom. The molecule has 3 nitrogen and oxygen atoms in total. The van der Waals surface area contributed by atoms with Gasteiger partial charge < -0.3 is 0 Å². The normalized spacial score (nSPS) is 11.3. The fraction of sp³-hybridized carbons (Fsp3) is 0. The molecule has 0 unspecified atom stereocenters.